The molecule has 0 bridgehead atoms. The zero-order valence-corrected chi connectivity index (χ0v) is 20.3. The van der Waals surface area contributed by atoms with Crippen LogP contribution in [-0.4, -0.2) is 27.0 Å². The summed E-state index contributed by atoms with van der Waals surface area (Å²) in [5.41, 5.74) is 6.75. The summed E-state index contributed by atoms with van der Waals surface area (Å²) in [5.74, 6) is -2.26. The fraction of sp³-hybridized carbons (Fsp3) is 0.0769. The second kappa shape index (κ2) is 9.38. The van der Waals surface area contributed by atoms with Crippen molar-refractivity contribution in [1.29, 1.82) is 0 Å². The van der Waals surface area contributed by atoms with Crippen LogP contribution in [0.3, 0.4) is 0 Å². The van der Waals surface area contributed by atoms with Crippen LogP contribution in [0.25, 0.3) is 32.6 Å². The van der Waals surface area contributed by atoms with Crippen LogP contribution in [-0.2, 0) is 6.18 Å². The molecule has 38 heavy (non-hydrogen) atoms. The summed E-state index contributed by atoms with van der Waals surface area (Å²) >= 11 is 0.615. The maximum absolute atomic E-state index is 13.6. The number of primary amides is 1. The second-order valence-electron chi connectivity index (χ2n) is 8.40. The number of aromatic amines is 1. The number of aromatic nitrogens is 3. The van der Waals surface area contributed by atoms with Crippen LogP contribution in [0.2, 0.25) is 0 Å². The highest BCUT2D eigenvalue weighted by atomic mass is 32.1. The van der Waals surface area contributed by atoms with E-state index < -0.39 is 29.5 Å². The fourth-order valence-corrected chi connectivity index (χ4v) is 4.89. The second-order valence-corrected chi connectivity index (χ2v) is 9.40. The van der Waals surface area contributed by atoms with E-state index in [1.54, 1.807) is 0 Å². The van der Waals surface area contributed by atoms with E-state index in [-0.39, 0.29) is 37.6 Å². The van der Waals surface area contributed by atoms with Gasteiger partial charge in [-0.05, 0) is 42.3 Å². The van der Waals surface area contributed by atoms with Crippen molar-refractivity contribution in [1.82, 2.24) is 15.2 Å². The lowest BCUT2D eigenvalue weighted by Crippen LogP contribution is -2.17. The van der Waals surface area contributed by atoms with E-state index in [4.69, 9.17) is 5.73 Å². The Morgan fingerprint density at radius 3 is 2.29 bits per heavy atom. The first-order valence-electron chi connectivity index (χ1n) is 11.1. The molecule has 0 unspecified atom stereocenters. The van der Waals surface area contributed by atoms with E-state index >= 15 is 0 Å². The van der Waals surface area contributed by atoms with Crippen LogP contribution >= 0.6 is 11.3 Å². The molecule has 0 radical (unpaired) electrons. The highest BCUT2D eigenvalue weighted by Gasteiger charge is 2.35. The average Bonchev–Trinajstić information content (AvgIpc) is 3.50. The summed E-state index contributed by atoms with van der Waals surface area (Å²) < 4.78 is 54.5. The van der Waals surface area contributed by atoms with Gasteiger partial charge in [0.1, 0.15) is 26.9 Å². The number of anilines is 1. The van der Waals surface area contributed by atoms with Crippen LogP contribution in [0.4, 0.5) is 23.2 Å². The van der Waals surface area contributed by atoms with Crippen molar-refractivity contribution < 1.29 is 27.2 Å². The van der Waals surface area contributed by atoms with Crippen LogP contribution in [0.5, 0.6) is 0 Å². The van der Waals surface area contributed by atoms with Gasteiger partial charge in [-0.1, -0.05) is 42.0 Å². The molecule has 12 heteroatoms. The Morgan fingerprint density at radius 2 is 1.66 bits per heavy atom. The smallest absolute Gasteiger partial charge is 0.365 e. The number of hydrogen-bond acceptors (Lipinski definition) is 5. The number of nitrogens with zero attached hydrogens (tertiary/aromatic N) is 2. The normalized spacial score (nSPS) is 11.6. The molecule has 0 aliphatic carbocycles. The van der Waals surface area contributed by atoms with Crippen LogP contribution in [0.1, 0.15) is 31.4 Å². The van der Waals surface area contributed by atoms with E-state index in [1.807, 2.05) is 31.2 Å². The largest absolute Gasteiger partial charge is 0.433 e. The fourth-order valence-electron chi connectivity index (χ4n) is 3.88. The molecule has 0 atom stereocenters. The lowest BCUT2D eigenvalue weighted by molar-refractivity contribution is -0.140. The summed E-state index contributed by atoms with van der Waals surface area (Å²) in [6.45, 7) is 1.93. The van der Waals surface area contributed by atoms with E-state index in [9.17, 15) is 27.2 Å². The molecule has 4 N–H and O–H groups in total. The average molecular weight is 540 g/mol. The van der Waals surface area contributed by atoms with Crippen molar-refractivity contribution in [3.05, 3.63) is 88.3 Å². The Kier molecular flexibility index (Phi) is 6.19. The first-order valence-corrected chi connectivity index (χ1v) is 11.9. The molecule has 0 saturated carbocycles. The number of nitrogens with one attached hydrogen (secondary N) is 2. The van der Waals surface area contributed by atoms with Gasteiger partial charge >= 0.3 is 6.18 Å². The molecule has 2 aromatic carbocycles. The zero-order chi connectivity index (χ0) is 27.2. The first-order chi connectivity index (χ1) is 18.0. The van der Waals surface area contributed by atoms with E-state index in [0.29, 0.717) is 17.0 Å². The minimum atomic E-state index is -4.80. The molecular formula is C26H17F4N5O2S. The van der Waals surface area contributed by atoms with Crippen LogP contribution in [0, 0.1) is 12.7 Å². The third-order valence-corrected chi connectivity index (χ3v) is 6.84. The van der Waals surface area contributed by atoms with Gasteiger partial charge in [0.15, 0.2) is 0 Å². The zero-order valence-electron chi connectivity index (χ0n) is 19.5. The van der Waals surface area contributed by atoms with Gasteiger partial charge in [0.2, 0.25) is 0 Å². The number of alkyl halides is 3. The summed E-state index contributed by atoms with van der Waals surface area (Å²) in [5, 5.41) is 9.43. The monoisotopic (exact) mass is 539 g/mol. The molecule has 3 heterocycles. The topological polar surface area (TPSA) is 114 Å². The highest BCUT2D eigenvalue weighted by molar-refractivity contribution is 7.21. The SMILES string of the molecule is Cc1ccc(-c2cc(C(=O)Nc3c(C(N)=O)sc4nc(C(F)(F)F)cc(-c5ccc(F)cc5)c34)[nH]n2)cc1. The van der Waals surface area contributed by atoms with Crippen molar-refractivity contribution in [3.8, 4) is 22.4 Å². The number of carbonyl (C=O) groups excluding carboxylic acids is 2. The summed E-state index contributed by atoms with van der Waals surface area (Å²) in [6, 6.07) is 14.5. The molecule has 0 fully saturated rings. The molecule has 2 amide bonds. The van der Waals surface area contributed by atoms with Gasteiger partial charge in [0.05, 0.1) is 11.4 Å². The molecule has 0 spiro atoms. The van der Waals surface area contributed by atoms with Gasteiger partial charge < -0.3 is 11.1 Å². The third kappa shape index (κ3) is 4.73. The molecule has 3 aromatic heterocycles. The van der Waals surface area contributed by atoms with Crippen molar-refractivity contribution in [3.63, 3.8) is 0 Å². The summed E-state index contributed by atoms with van der Waals surface area (Å²) in [4.78, 5) is 28.7. The predicted octanol–water partition coefficient (Wildman–Crippen LogP) is 6.17. The highest BCUT2D eigenvalue weighted by Crippen LogP contribution is 2.43. The van der Waals surface area contributed by atoms with Gasteiger partial charge in [-0.3, -0.25) is 14.7 Å². The molecule has 5 aromatic rings. The Balaban J connectivity index is 1.63. The van der Waals surface area contributed by atoms with Crippen LogP contribution in [0.15, 0.2) is 60.7 Å². The quantitative estimate of drug-likeness (QED) is 0.232. The summed E-state index contributed by atoms with van der Waals surface area (Å²) in [7, 11) is 0. The maximum Gasteiger partial charge on any atom is 0.433 e. The minimum Gasteiger partial charge on any atom is -0.365 e. The third-order valence-electron chi connectivity index (χ3n) is 5.74. The van der Waals surface area contributed by atoms with Gasteiger partial charge in [0.25, 0.3) is 11.8 Å². The number of thiophene rings is 1. The summed E-state index contributed by atoms with van der Waals surface area (Å²) in [6.07, 6.45) is -4.80. The van der Waals surface area contributed by atoms with Crippen molar-refractivity contribution in [2.24, 2.45) is 5.73 Å². The Bertz CT molecular complexity index is 1690. The number of fused-ring (bicyclic) bond motifs is 1. The number of benzene rings is 2. The standard InChI is InChI=1S/C26H17F4N5O2S/c1-12-2-4-14(5-3-12)17-11-18(35-34-17)24(37)33-21-20-16(13-6-8-15(27)9-7-13)10-19(26(28,29)30)32-25(20)38-22(21)23(31)36/h2-11H,1H3,(H2,31,36)(H,33,37)(H,34,35). The molecule has 5 rings (SSSR count). The van der Waals surface area contributed by atoms with E-state index in [0.717, 1.165) is 29.3 Å². The van der Waals surface area contributed by atoms with Gasteiger partial charge in [0, 0.05) is 10.9 Å². The van der Waals surface area contributed by atoms with Gasteiger partial charge in [-0.25, -0.2) is 9.37 Å². The maximum atomic E-state index is 13.6. The van der Waals surface area contributed by atoms with Gasteiger partial charge in [-0.15, -0.1) is 11.3 Å². The predicted molar refractivity (Wildman–Crippen MR) is 135 cm³/mol. The minimum absolute atomic E-state index is 0.00803. The molecule has 0 saturated heterocycles. The number of rotatable bonds is 5. The number of H-pyrrole nitrogens is 1. The molecule has 7 nitrogen and oxygen atoms in total. The van der Waals surface area contributed by atoms with Crippen molar-refractivity contribution in [2.75, 3.05) is 5.32 Å². The van der Waals surface area contributed by atoms with Crippen molar-refractivity contribution in [2.45, 2.75) is 13.1 Å². The van der Waals surface area contributed by atoms with E-state index in [2.05, 4.69) is 20.5 Å². The lowest BCUT2D eigenvalue weighted by Gasteiger charge is -2.12. The first kappa shape index (κ1) is 25.1. The molecule has 0 aliphatic rings. The Hall–Kier alpha value is -4.58. The Morgan fingerprint density at radius 1 is 1.00 bits per heavy atom. The van der Waals surface area contributed by atoms with E-state index in [1.165, 1.54) is 18.2 Å². The Labute approximate surface area is 216 Å². The molecule has 192 valence electrons. The number of nitrogens with two attached hydrogens (primary N) is 1. The molecule has 0 aliphatic heterocycles. The number of amides is 2. The number of pyridine rings is 1. The molecular weight excluding hydrogens is 522 g/mol. The number of carbonyl (C=O) groups is 2. The van der Waals surface area contributed by atoms with Crippen molar-refractivity contribution >= 4 is 39.1 Å². The number of halogens is 4. The number of hydrogen-bond donors (Lipinski definition) is 3. The lowest BCUT2D eigenvalue weighted by atomic mass is 10.0. The number of aryl methyl sites for hydroxylation is 1. The van der Waals surface area contributed by atoms with Gasteiger partial charge in [-0.2, -0.15) is 18.3 Å². The van der Waals surface area contributed by atoms with Crippen LogP contribution < -0.4 is 11.1 Å².